The van der Waals surface area contributed by atoms with Crippen molar-refractivity contribution in [2.24, 2.45) is 0 Å². The van der Waals surface area contributed by atoms with Crippen LogP contribution in [-0.2, 0) is 4.79 Å². The van der Waals surface area contributed by atoms with Crippen LogP contribution in [-0.4, -0.2) is 73.0 Å². The lowest BCUT2D eigenvalue weighted by molar-refractivity contribution is -0.133. The summed E-state index contributed by atoms with van der Waals surface area (Å²) in [7, 11) is 0. The van der Waals surface area contributed by atoms with Gasteiger partial charge in [0.1, 0.15) is 0 Å². The van der Waals surface area contributed by atoms with E-state index in [1.54, 1.807) is 0 Å². The number of piperidine rings is 1. The molecule has 0 atom stereocenters. The van der Waals surface area contributed by atoms with Crippen LogP contribution < -0.4 is 0 Å². The molecule has 2 heterocycles. The van der Waals surface area contributed by atoms with Gasteiger partial charge in [-0.3, -0.25) is 14.6 Å². The van der Waals surface area contributed by atoms with Crippen LogP contribution in [0.1, 0.15) is 19.3 Å². The Morgan fingerprint density at radius 1 is 0.895 bits per heavy atom. The minimum atomic E-state index is 0.301. The van der Waals surface area contributed by atoms with Crippen molar-refractivity contribution < 1.29 is 4.79 Å². The van der Waals surface area contributed by atoms with Crippen molar-refractivity contribution in [1.29, 1.82) is 0 Å². The predicted octanol–water partition coefficient (Wildman–Crippen LogP) is 1.37. The van der Waals surface area contributed by atoms with E-state index in [4.69, 9.17) is 11.6 Å². The van der Waals surface area contributed by atoms with Crippen molar-refractivity contribution in [3.8, 4) is 0 Å². The number of piperazine rings is 1. The summed E-state index contributed by atoms with van der Waals surface area (Å²) >= 11 is 5.82. The third-order valence-electron chi connectivity index (χ3n) is 3.93. The lowest BCUT2D eigenvalue weighted by atomic mass is 10.1. The molecule has 0 spiro atoms. The van der Waals surface area contributed by atoms with E-state index in [1.165, 1.54) is 6.42 Å². The van der Waals surface area contributed by atoms with Crippen LogP contribution in [0, 0.1) is 0 Å². The Bertz CT molecular complexity index is 321. The average Bonchev–Trinajstić information content (AvgIpc) is 2.41. The van der Waals surface area contributed by atoms with Gasteiger partial charge in [-0.05, 0) is 19.3 Å². The number of carbonyl (C=O) groups is 1. The molecule has 0 aliphatic carbocycles. The molecule has 0 radical (unpaired) electrons. The van der Waals surface area contributed by atoms with Crippen molar-refractivity contribution >= 4 is 17.5 Å². The zero-order valence-corrected chi connectivity index (χ0v) is 12.4. The van der Waals surface area contributed by atoms with E-state index >= 15 is 0 Å². The van der Waals surface area contributed by atoms with Gasteiger partial charge in [-0.2, -0.15) is 0 Å². The van der Waals surface area contributed by atoms with Crippen LogP contribution in [0.4, 0.5) is 0 Å². The summed E-state index contributed by atoms with van der Waals surface area (Å²) in [5.74, 6) is 0.301. The first-order chi connectivity index (χ1) is 9.15. The molecule has 2 rings (SSSR count). The third kappa shape index (κ3) is 4.79. The molecule has 2 fully saturated rings. The largest absolute Gasteiger partial charge is 0.342 e. The molecule has 2 aliphatic heterocycles. The Kier molecular flexibility index (Phi) is 5.67. The summed E-state index contributed by atoms with van der Waals surface area (Å²) in [6.07, 6.45) is 3.60. The van der Waals surface area contributed by atoms with E-state index < -0.39 is 0 Å². The lowest BCUT2D eigenvalue weighted by Crippen LogP contribution is -2.50. The van der Waals surface area contributed by atoms with Crippen LogP contribution in [0.25, 0.3) is 0 Å². The first-order valence-corrected chi connectivity index (χ1v) is 7.59. The quantitative estimate of drug-likeness (QED) is 0.781. The molecule has 19 heavy (non-hydrogen) atoms. The molecule has 108 valence electrons. The first-order valence-electron chi connectivity index (χ1n) is 7.21. The standard InChI is InChI=1S/C14H24ClN3O/c1-13(15)11-16-7-9-17(10-8-16)12-14(19)18-5-3-2-4-6-18/h1-12H2. The van der Waals surface area contributed by atoms with Gasteiger partial charge in [0.25, 0.3) is 0 Å². The van der Waals surface area contributed by atoms with Gasteiger partial charge < -0.3 is 4.90 Å². The number of hydrogen-bond acceptors (Lipinski definition) is 3. The first kappa shape index (κ1) is 14.8. The van der Waals surface area contributed by atoms with Gasteiger partial charge in [0, 0.05) is 50.8 Å². The highest BCUT2D eigenvalue weighted by Gasteiger charge is 2.22. The molecule has 0 N–H and O–H groups in total. The Balaban J connectivity index is 1.69. The summed E-state index contributed by atoms with van der Waals surface area (Å²) in [4.78, 5) is 18.7. The molecule has 0 saturated carbocycles. The minimum Gasteiger partial charge on any atom is -0.342 e. The molecule has 5 heteroatoms. The fourth-order valence-corrected chi connectivity index (χ4v) is 2.95. The van der Waals surface area contributed by atoms with Crippen LogP contribution >= 0.6 is 11.6 Å². The number of amides is 1. The van der Waals surface area contributed by atoms with Crippen molar-refractivity contribution in [2.45, 2.75) is 19.3 Å². The number of rotatable bonds is 4. The zero-order valence-electron chi connectivity index (χ0n) is 11.6. The third-order valence-corrected chi connectivity index (χ3v) is 4.05. The van der Waals surface area contributed by atoms with Gasteiger partial charge >= 0.3 is 0 Å². The molecule has 1 amide bonds. The van der Waals surface area contributed by atoms with Crippen molar-refractivity contribution in [3.63, 3.8) is 0 Å². The summed E-state index contributed by atoms with van der Waals surface area (Å²) in [5, 5.41) is 0.692. The average molecular weight is 286 g/mol. The monoisotopic (exact) mass is 285 g/mol. The second-order valence-corrected chi connectivity index (χ2v) is 6.05. The van der Waals surface area contributed by atoms with Crippen molar-refractivity contribution in [3.05, 3.63) is 11.6 Å². The molecule has 0 aromatic heterocycles. The van der Waals surface area contributed by atoms with Gasteiger partial charge in [-0.25, -0.2) is 0 Å². The zero-order chi connectivity index (χ0) is 13.7. The fourth-order valence-electron chi connectivity index (χ4n) is 2.78. The summed E-state index contributed by atoms with van der Waals surface area (Å²) in [6.45, 7) is 10.8. The Morgan fingerprint density at radius 3 is 1.95 bits per heavy atom. The Labute approximate surface area is 121 Å². The van der Waals surface area contributed by atoms with Crippen molar-refractivity contribution in [1.82, 2.24) is 14.7 Å². The fraction of sp³-hybridized carbons (Fsp3) is 0.786. The van der Waals surface area contributed by atoms with E-state index in [2.05, 4.69) is 16.4 Å². The highest BCUT2D eigenvalue weighted by atomic mass is 35.5. The summed E-state index contributed by atoms with van der Waals surface area (Å²) in [5.41, 5.74) is 0. The maximum absolute atomic E-state index is 12.2. The van der Waals surface area contributed by atoms with Crippen LogP contribution in [0.3, 0.4) is 0 Å². The minimum absolute atomic E-state index is 0.301. The molecular weight excluding hydrogens is 262 g/mol. The number of likely N-dealkylation sites (tertiary alicyclic amines) is 1. The van der Waals surface area contributed by atoms with Gasteiger partial charge in [-0.1, -0.05) is 18.2 Å². The van der Waals surface area contributed by atoms with Gasteiger partial charge in [-0.15, -0.1) is 0 Å². The van der Waals surface area contributed by atoms with Gasteiger partial charge in [0.15, 0.2) is 0 Å². The predicted molar refractivity (Wildman–Crippen MR) is 78.3 cm³/mol. The molecule has 0 unspecified atom stereocenters. The van der Waals surface area contributed by atoms with E-state index in [0.29, 0.717) is 17.5 Å². The van der Waals surface area contributed by atoms with E-state index in [9.17, 15) is 4.79 Å². The van der Waals surface area contributed by atoms with E-state index in [1.807, 2.05) is 4.90 Å². The van der Waals surface area contributed by atoms with E-state index in [-0.39, 0.29) is 0 Å². The van der Waals surface area contributed by atoms with Crippen LogP contribution in [0.2, 0.25) is 0 Å². The van der Waals surface area contributed by atoms with Gasteiger partial charge in [0.05, 0.1) is 6.54 Å². The Hall–Kier alpha value is -0.580. The molecule has 2 saturated heterocycles. The molecule has 0 aromatic carbocycles. The van der Waals surface area contributed by atoms with Gasteiger partial charge in [0.2, 0.25) is 5.91 Å². The highest BCUT2D eigenvalue weighted by molar-refractivity contribution is 6.29. The molecule has 2 aliphatic rings. The number of carbonyl (C=O) groups excluding carboxylic acids is 1. The molecule has 0 bridgehead atoms. The van der Waals surface area contributed by atoms with Crippen LogP contribution in [0.5, 0.6) is 0 Å². The molecule has 0 aromatic rings. The van der Waals surface area contributed by atoms with E-state index in [0.717, 1.165) is 58.7 Å². The maximum atomic E-state index is 12.2. The van der Waals surface area contributed by atoms with Crippen LogP contribution in [0.15, 0.2) is 11.6 Å². The molecule has 4 nitrogen and oxygen atoms in total. The van der Waals surface area contributed by atoms with Crippen molar-refractivity contribution in [2.75, 3.05) is 52.4 Å². The topological polar surface area (TPSA) is 26.8 Å². The number of nitrogens with zero attached hydrogens (tertiary/aromatic N) is 3. The maximum Gasteiger partial charge on any atom is 0.236 e. The number of hydrogen-bond donors (Lipinski definition) is 0. The number of halogens is 1. The summed E-state index contributed by atoms with van der Waals surface area (Å²) in [6, 6.07) is 0. The smallest absolute Gasteiger partial charge is 0.236 e. The Morgan fingerprint density at radius 2 is 1.42 bits per heavy atom. The highest BCUT2D eigenvalue weighted by Crippen LogP contribution is 2.11. The SMILES string of the molecule is C=C(Cl)CN1CCN(CC(=O)N2CCCCC2)CC1. The normalized spacial score (nSPS) is 22.5. The second kappa shape index (κ2) is 7.27. The summed E-state index contributed by atoms with van der Waals surface area (Å²) < 4.78 is 0. The molecular formula is C14H24ClN3O. The second-order valence-electron chi connectivity index (χ2n) is 5.51. The lowest BCUT2D eigenvalue weighted by Gasteiger charge is -2.35.